The summed E-state index contributed by atoms with van der Waals surface area (Å²) in [7, 11) is 0. The van der Waals surface area contributed by atoms with Crippen molar-refractivity contribution in [2.75, 3.05) is 0 Å². The van der Waals surface area contributed by atoms with Crippen LogP contribution >= 0.6 is 0 Å². The first-order valence-electron chi connectivity index (χ1n) is 6.40. The Bertz CT molecular complexity index is 572. The van der Waals surface area contributed by atoms with Crippen LogP contribution in [0.25, 0.3) is 0 Å². The molecule has 0 aliphatic heterocycles. The summed E-state index contributed by atoms with van der Waals surface area (Å²) in [5.41, 5.74) is 1.23. The maximum absolute atomic E-state index is 11.7. The first-order chi connectivity index (χ1) is 9.54. The number of hydrogen-bond acceptors (Lipinski definition) is 5. The lowest BCUT2D eigenvalue weighted by molar-refractivity contribution is 0.0378. The van der Waals surface area contributed by atoms with Crippen molar-refractivity contribution in [3.8, 4) is 5.75 Å². The van der Waals surface area contributed by atoms with E-state index in [1.807, 2.05) is 26.8 Å². The first kappa shape index (κ1) is 14.1. The largest absolute Gasteiger partial charge is 0.487 e. The normalized spacial score (nSPS) is 10.6. The minimum atomic E-state index is -0.335. The lowest BCUT2D eigenvalue weighted by Gasteiger charge is -2.08. The molecule has 0 unspecified atom stereocenters. The minimum absolute atomic E-state index is 0.131. The summed E-state index contributed by atoms with van der Waals surface area (Å²) in [4.78, 5) is 11.7. The van der Waals surface area contributed by atoms with E-state index in [1.54, 1.807) is 24.3 Å². The van der Waals surface area contributed by atoms with Crippen molar-refractivity contribution in [1.82, 2.24) is 5.16 Å². The molecular weight excluding hydrogens is 258 g/mol. The van der Waals surface area contributed by atoms with E-state index >= 15 is 0 Å². The van der Waals surface area contributed by atoms with Crippen molar-refractivity contribution in [2.24, 2.45) is 0 Å². The Morgan fingerprint density at radius 2 is 2.00 bits per heavy atom. The third-order valence-electron chi connectivity index (χ3n) is 2.50. The Kier molecular flexibility index (Phi) is 4.40. The molecule has 2 rings (SSSR count). The average molecular weight is 275 g/mol. The lowest BCUT2D eigenvalue weighted by Crippen LogP contribution is -2.11. The fraction of sp³-hybridized carbons (Fsp3) is 0.333. The van der Waals surface area contributed by atoms with Gasteiger partial charge in [-0.1, -0.05) is 5.16 Å². The number of hydrogen-bond donors (Lipinski definition) is 0. The third-order valence-corrected chi connectivity index (χ3v) is 2.50. The number of aryl methyl sites for hydroxylation is 1. The van der Waals surface area contributed by atoms with Gasteiger partial charge in [-0.05, 0) is 45.0 Å². The summed E-state index contributed by atoms with van der Waals surface area (Å²) in [5, 5.41) is 3.84. The predicted molar refractivity (Wildman–Crippen MR) is 72.6 cm³/mol. The van der Waals surface area contributed by atoms with Gasteiger partial charge in [0, 0.05) is 6.07 Å². The molecular formula is C15H17NO4. The van der Waals surface area contributed by atoms with Gasteiger partial charge in [0.05, 0.1) is 11.7 Å². The molecule has 0 bridgehead atoms. The molecule has 0 saturated carbocycles. The van der Waals surface area contributed by atoms with E-state index in [4.69, 9.17) is 14.0 Å². The van der Waals surface area contributed by atoms with Gasteiger partial charge in [-0.2, -0.15) is 0 Å². The third kappa shape index (κ3) is 3.85. The molecule has 0 fully saturated rings. The molecule has 20 heavy (non-hydrogen) atoms. The number of nitrogens with zero attached hydrogens (tertiary/aromatic N) is 1. The van der Waals surface area contributed by atoms with Gasteiger partial charge in [-0.3, -0.25) is 0 Å². The molecule has 0 radical (unpaired) electrons. The van der Waals surface area contributed by atoms with Crippen molar-refractivity contribution in [2.45, 2.75) is 33.5 Å². The van der Waals surface area contributed by atoms with Crippen molar-refractivity contribution >= 4 is 5.97 Å². The molecule has 0 atom stereocenters. The quantitative estimate of drug-likeness (QED) is 0.784. The Morgan fingerprint density at radius 3 is 2.55 bits per heavy atom. The van der Waals surface area contributed by atoms with E-state index in [1.165, 1.54) is 0 Å². The Morgan fingerprint density at radius 1 is 1.30 bits per heavy atom. The molecule has 0 amide bonds. The summed E-state index contributed by atoms with van der Waals surface area (Å²) >= 11 is 0. The van der Waals surface area contributed by atoms with Gasteiger partial charge < -0.3 is 14.0 Å². The van der Waals surface area contributed by atoms with Crippen LogP contribution in [0.5, 0.6) is 5.75 Å². The predicted octanol–water partition coefficient (Wildman–Crippen LogP) is 3.13. The summed E-state index contributed by atoms with van der Waals surface area (Å²) in [6.07, 6.45) is -0.131. The van der Waals surface area contributed by atoms with Crippen molar-refractivity contribution < 1.29 is 18.8 Å². The van der Waals surface area contributed by atoms with Crippen LogP contribution in [0.1, 0.15) is 35.7 Å². The zero-order chi connectivity index (χ0) is 14.5. The molecule has 5 nitrogen and oxygen atoms in total. The smallest absolute Gasteiger partial charge is 0.338 e. The van der Waals surface area contributed by atoms with Gasteiger partial charge in [-0.25, -0.2) is 4.79 Å². The lowest BCUT2D eigenvalue weighted by atomic mass is 10.2. The number of carbonyl (C=O) groups is 1. The maximum atomic E-state index is 11.7. The summed E-state index contributed by atoms with van der Waals surface area (Å²) < 4.78 is 15.6. The fourth-order valence-corrected chi connectivity index (χ4v) is 1.61. The van der Waals surface area contributed by atoms with Gasteiger partial charge in [0.25, 0.3) is 0 Å². The maximum Gasteiger partial charge on any atom is 0.338 e. The fourth-order valence-electron chi connectivity index (χ4n) is 1.61. The molecule has 1 aromatic carbocycles. The Balaban J connectivity index is 1.93. The second-order valence-corrected chi connectivity index (χ2v) is 4.70. The van der Waals surface area contributed by atoms with Crippen LogP contribution in [0.15, 0.2) is 34.9 Å². The molecule has 1 aromatic heterocycles. The minimum Gasteiger partial charge on any atom is -0.487 e. The highest BCUT2D eigenvalue weighted by molar-refractivity contribution is 5.89. The van der Waals surface area contributed by atoms with Crippen molar-refractivity contribution in [3.05, 3.63) is 47.3 Å². The number of ether oxygens (including phenoxy) is 2. The van der Waals surface area contributed by atoms with Crippen LogP contribution in [0.4, 0.5) is 0 Å². The van der Waals surface area contributed by atoms with Crippen molar-refractivity contribution in [1.29, 1.82) is 0 Å². The van der Waals surface area contributed by atoms with E-state index in [2.05, 4.69) is 5.16 Å². The molecule has 0 N–H and O–H groups in total. The van der Waals surface area contributed by atoms with E-state index < -0.39 is 0 Å². The number of esters is 1. The molecule has 0 saturated heterocycles. The average Bonchev–Trinajstić information content (AvgIpc) is 2.82. The van der Waals surface area contributed by atoms with E-state index in [-0.39, 0.29) is 12.1 Å². The van der Waals surface area contributed by atoms with Crippen LogP contribution in [0.2, 0.25) is 0 Å². The van der Waals surface area contributed by atoms with Crippen LogP contribution in [-0.2, 0) is 11.3 Å². The number of rotatable bonds is 5. The zero-order valence-electron chi connectivity index (χ0n) is 11.8. The molecule has 0 aliphatic rings. The number of aromatic nitrogens is 1. The molecule has 2 aromatic rings. The molecule has 1 heterocycles. The highest BCUT2D eigenvalue weighted by Gasteiger charge is 2.09. The van der Waals surface area contributed by atoms with Gasteiger partial charge in [0.2, 0.25) is 0 Å². The summed E-state index contributed by atoms with van der Waals surface area (Å²) in [6.45, 7) is 5.78. The van der Waals surface area contributed by atoms with Crippen molar-refractivity contribution in [3.63, 3.8) is 0 Å². The van der Waals surface area contributed by atoms with E-state index in [9.17, 15) is 4.79 Å². The van der Waals surface area contributed by atoms with E-state index in [0.29, 0.717) is 17.9 Å². The zero-order valence-corrected chi connectivity index (χ0v) is 11.8. The molecule has 0 spiro atoms. The van der Waals surface area contributed by atoms with E-state index in [0.717, 1.165) is 11.5 Å². The van der Waals surface area contributed by atoms with Gasteiger partial charge in [0.15, 0.2) is 0 Å². The second kappa shape index (κ2) is 6.23. The highest BCUT2D eigenvalue weighted by Crippen LogP contribution is 2.15. The van der Waals surface area contributed by atoms with Gasteiger partial charge in [0.1, 0.15) is 23.8 Å². The van der Waals surface area contributed by atoms with Crippen LogP contribution < -0.4 is 4.74 Å². The summed E-state index contributed by atoms with van der Waals surface area (Å²) in [6, 6.07) is 8.62. The second-order valence-electron chi connectivity index (χ2n) is 4.70. The Labute approximate surface area is 117 Å². The number of carbonyl (C=O) groups excluding carboxylic acids is 1. The SMILES string of the molecule is Cc1cc(COc2ccc(C(=O)OC(C)C)cc2)no1. The Hall–Kier alpha value is -2.30. The number of benzene rings is 1. The summed E-state index contributed by atoms with van der Waals surface area (Å²) in [5.74, 6) is 1.07. The molecule has 5 heteroatoms. The van der Waals surface area contributed by atoms with Crippen LogP contribution in [-0.4, -0.2) is 17.2 Å². The monoisotopic (exact) mass is 275 g/mol. The highest BCUT2D eigenvalue weighted by atomic mass is 16.5. The topological polar surface area (TPSA) is 61.6 Å². The first-order valence-corrected chi connectivity index (χ1v) is 6.40. The van der Waals surface area contributed by atoms with Crippen LogP contribution in [0.3, 0.4) is 0 Å². The van der Waals surface area contributed by atoms with Gasteiger partial charge in [-0.15, -0.1) is 0 Å². The molecule has 106 valence electrons. The molecule has 0 aliphatic carbocycles. The van der Waals surface area contributed by atoms with Crippen LogP contribution in [0, 0.1) is 6.92 Å². The van der Waals surface area contributed by atoms with Gasteiger partial charge >= 0.3 is 5.97 Å². The standard InChI is InChI=1S/C15H17NO4/c1-10(2)19-15(17)12-4-6-14(7-5-12)18-9-13-8-11(3)20-16-13/h4-8,10H,9H2,1-3H3.